The molecule has 0 bridgehead atoms. The summed E-state index contributed by atoms with van der Waals surface area (Å²) in [4.78, 5) is 18.3. The lowest BCUT2D eigenvalue weighted by Gasteiger charge is -2.06. The molecule has 1 aliphatic rings. The van der Waals surface area contributed by atoms with Crippen molar-refractivity contribution in [2.75, 3.05) is 0 Å². The van der Waals surface area contributed by atoms with E-state index in [1.54, 1.807) is 12.1 Å². The molecule has 0 unspecified atom stereocenters. The number of hydrogen-bond acceptors (Lipinski definition) is 6. The maximum absolute atomic E-state index is 10.5. The Bertz CT molecular complexity index is 618. The van der Waals surface area contributed by atoms with Gasteiger partial charge in [-0.15, -0.1) is 0 Å². The summed E-state index contributed by atoms with van der Waals surface area (Å²) in [5.41, 5.74) is 1.86. The molecular weight excluding hydrogens is 247 g/mol. The average Bonchev–Trinajstić information content (AvgIpc) is 2.81. The van der Waals surface area contributed by atoms with Crippen molar-refractivity contribution in [1.29, 1.82) is 0 Å². The van der Waals surface area contributed by atoms with E-state index in [0.29, 0.717) is 24.1 Å². The van der Waals surface area contributed by atoms with Crippen LogP contribution in [0.2, 0.25) is 0 Å². The molecule has 0 amide bonds. The van der Waals surface area contributed by atoms with E-state index in [4.69, 9.17) is 9.39 Å². The highest BCUT2D eigenvalue weighted by Gasteiger charge is 2.27. The highest BCUT2D eigenvalue weighted by molar-refractivity contribution is 6.61. The molecule has 2 aromatic rings. The topological polar surface area (TPSA) is 81.5 Å². The summed E-state index contributed by atoms with van der Waals surface area (Å²) in [6.45, 7) is 0.393. The molecule has 7 heteroatoms. The third kappa shape index (κ3) is 2.33. The monoisotopic (exact) mass is 256 g/mol. The van der Waals surface area contributed by atoms with E-state index in [9.17, 15) is 9.82 Å². The van der Waals surface area contributed by atoms with Gasteiger partial charge in [-0.1, -0.05) is 6.07 Å². The van der Waals surface area contributed by atoms with E-state index in [0.717, 1.165) is 5.56 Å². The minimum absolute atomic E-state index is 0.241. The first-order valence-corrected chi connectivity index (χ1v) is 5.64. The molecule has 1 aliphatic heterocycles. The molecule has 0 fully saturated rings. The Hall–Kier alpha value is -2.25. The molecule has 0 spiro atoms. The van der Waals surface area contributed by atoms with Crippen molar-refractivity contribution in [3.63, 3.8) is 0 Å². The van der Waals surface area contributed by atoms with Crippen LogP contribution < -0.4 is 10.2 Å². The fraction of sp³-hybridized carbons (Fsp3) is 0.0833. The number of rotatable bonds is 3. The number of hydrogen-bond donors (Lipinski definition) is 1. The molecule has 0 radical (unpaired) electrons. The first-order valence-electron chi connectivity index (χ1n) is 5.64. The Morgan fingerprint density at radius 3 is 3.00 bits per heavy atom. The number of aldehydes is 1. The van der Waals surface area contributed by atoms with Crippen LogP contribution in [-0.2, 0) is 11.3 Å². The number of aromatic nitrogens is 2. The molecule has 94 valence electrons. The molecule has 6 nitrogen and oxygen atoms in total. The van der Waals surface area contributed by atoms with Gasteiger partial charge in [-0.05, 0) is 23.2 Å². The van der Waals surface area contributed by atoms with Gasteiger partial charge < -0.3 is 14.4 Å². The number of ether oxygens (including phenoxy) is 1. The van der Waals surface area contributed by atoms with Crippen molar-refractivity contribution in [1.82, 2.24) is 9.97 Å². The predicted molar refractivity (Wildman–Crippen MR) is 66.3 cm³/mol. The van der Waals surface area contributed by atoms with Crippen LogP contribution in [0.4, 0.5) is 0 Å². The van der Waals surface area contributed by atoms with E-state index in [1.807, 2.05) is 6.07 Å². The Morgan fingerprint density at radius 1 is 1.37 bits per heavy atom. The fourth-order valence-electron chi connectivity index (χ4n) is 1.82. The average molecular weight is 256 g/mol. The number of carbonyl (C=O) groups excluding carboxylic acids is 1. The minimum atomic E-state index is -0.915. The summed E-state index contributed by atoms with van der Waals surface area (Å²) >= 11 is 0. The molecule has 0 aliphatic carbocycles. The molecule has 1 N–H and O–H groups in total. The van der Waals surface area contributed by atoms with Gasteiger partial charge in [0.1, 0.15) is 11.4 Å². The van der Waals surface area contributed by atoms with E-state index in [2.05, 4.69) is 9.97 Å². The first kappa shape index (κ1) is 11.8. The second-order valence-electron chi connectivity index (χ2n) is 4.02. The summed E-state index contributed by atoms with van der Waals surface area (Å²) in [5, 5.41) is 9.60. The second-order valence-corrected chi connectivity index (χ2v) is 4.02. The lowest BCUT2D eigenvalue weighted by atomic mass is 9.79. The standard InChI is InChI=1S/C12H9BN2O4/c16-6-9-4-15-12(5-14-9)19-10-2-1-8-7-18-13(17)11(8)3-10/h1-6,17H,7H2. The zero-order chi connectivity index (χ0) is 13.2. The summed E-state index contributed by atoms with van der Waals surface area (Å²) in [6, 6.07) is 5.28. The van der Waals surface area contributed by atoms with Crippen LogP contribution in [0, 0.1) is 0 Å². The maximum Gasteiger partial charge on any atom is 0.491 e. The molecule has 0 saturated heterocycles. The fourth-order valence-corrected chi connectivity index (χ4v) is 1.82. The van der Waals surface area contributed by atoms with E-state index in [-0.39, 0.29) is 11.6 Å². The highest BCUT2D eigenvalue weighted by Crippen LogP contribution is 2.20. The van der Waals surface area contributed by atoms with Crippen molar-refractivity contribution in [3.05, 3.63) is 41.9 Å². The molecule has 2 heterocycles. The molecule has 3 rings (SSSR count). The normalized spacial score (nSPS) is 13.2. The van der Waals surface area contributed by atoms with Crippen molar-refractivity contribution >= 4 is 18.9 Å². The smallest absolute Gasteiger partial charge is 0.438 e. The van der Waals surface area contributed by atoms with Gasteiger partial charge in [-0.25, -0.2) is 9.97 Å². The van der Waals surface area contributed by atoms with E-state index >= 15 is 0 Å². The van der Waals surface area contributed by atoms with Gasteiger partial charge >= 0.3 is 7.12 Å². The van der Waals surface area contributed by atoms with Crippen LogP contribution in [0.3, 0.4) is 0 Å². The minimum Gasteiger partial charge on any atom is -0.438 e. The lowest BCUT2D eigenvalue weighted by Crippen LogP contribution is -2.27. The number of nitrogens with zero attached hydrogens (tertiary/aromatic N) is 2. The SMILES string of the molecule is O=Cc1cnc(Oc2ccc3c(c2)B(O)OC3)cn1. The van der Waals surface area contributed by atoms with Crippen LogP contribution in [-0.4, -0.2) is 28.4 Å². The lowest BCUT2D eigenvalue weighted by molar-refractivity contribution is 0.111. The summed E-state index contributed by atoms with van der Waals surface area (Å²) < 4.78 is 10.6. The molecule has 1 aromatic heterocycles. The Labute approximate surface area is 109 Å². The van der Waals surface area contributed by atoms with Crippen LogP contribution in [0.1, 0.15) is 16.1 Å². The molecule has 0 atom stereocenters. The van der Waals surface area contributed by atoms with Gasteiger partial charge in [0.2, 0.25) is 5.88 Å². The first-order chi connectivity index (χ1) is 9.26. The number of carbonyl (C=O) groups is 1. The third-order valence-electron chi connectivity index (χ3n) is 2.77. The van der Waals surface area contributed by atoms with E-state index < -0.39 is 7.12 Å². The summed E-state index contributed by atoms with van der Waals surface area (Å²) in [5.74, 6) is 0.801. The highest BCUT2D eigenvalue weighted by atomic mass is 16.5. The van der Waals surface area contributed by atoms with E-state index in [1.165, 1.54) is 12.4 Å². The maximum atomic E-state index is 10.5. The Morgan fingerprint density at radius 2 is 2.26 bits per heavy atom. The van der Waals surface area contributed by atoms with Gasteiger partial charge in [0.15, 0.2) is 6.29 Å². The van der Waals surface area contributed by atoms with Gasteiger partial charge in [0, 0.05) is 0 Å². The van der Waals surface area contributed by atoms with Gasteiger partial charge in [0.05, 0.1) is 19.0 Å². The van der Waals surface area contributed by atoms with Gasteiger partial charge in [-0.2, -0.15) is 0 Å². The van der Waals surface area contributed by atoms with Crippen molar-refractivity contribution < 1.29 is 19.2 Å². The third-order valence-corrected chi connectivity index (χ3v) is 2.77. The van der Waals surface area contributed by atoms with Crippen molar-refractivity contribution in [2.24, 2.45) is 0 Å². The largest absolute Gasteiger partial charge is 0.491 e. The second kappa shape index (κ2) is 4.79. The van der Waals surface area contributed by atoms with Gasteiger partial charge in [0.25, 0.3) is 0 Å². The predicted octanol–water partition coefficient (Wildman–Crippen LogP) is 0.299. The molecule has 0 saturated carbocycles. The van der Waals surface area contributed by atoms with Crippen molar-refractivity contribution in [3.8, 4) is 11.6 Å². The molecular formula is C12H9BN2O4. The zero-order valence-electron chi connectivity index (χ0n) is 9.81. The Balaban J connectivity index is 1.83. The van der Waals surface area contributed by atoms with Gasteiger partial charge in [-0.3, -0.25) is 4.79 Å². The van der Waals surface area contributed by atoms with Crippen LogP contribution in [0.25, 0.3) is 0 Å². The molecule has 1 aromatic carbocycles. The number of fused-ring (bicyclic) bond motifs is 1. The summed E-state index contributed by atoms with van der Waals surface area (Å²) in [7, 11) is -0.915. The van der Waals surface area contributed by atoms with Crippen LogP contribution in [0.15, 0.2) is 30.6 Å². The number of benzene rings is 1. The quantitative estimate of drug-likeness (QED) is 0.628. The molecule has 19 heavy (non-hydrogen) atoms. The summed E-state index contributed by atoms with van der Waals surface area (Å²) in [6.07, 6.45) is 3.30. The Kier molecular flexibility index (Phi) is 2.98. The zero-order valence-corrected chi connectivity index (χ0v) is 9.81. The van der Waals surface area contributed by atoms with Crippen molar-refractivity contribution in [2.45, 2.75) is 6.61 Å². The van der Waals surface area contributed by atoms with Crippen LogP contribution >= 0.6 is 0 Å². The van der Waals surface area contributed by atoms with Crippen LogP contribution in [0.5, 0.6) is 11.6 Å².